The van der Waals surface area contributed by atoms with Crippen LogP contribution in [0.4, 0.5) is 17.6 Å². The molecule has 10 heteroatoms. The van der Waals surface area contributed by atoms with Crippen LogP contribution < -0.4 is 10.1 Å². The van der Waals surface area contributed by atoms with Gasteiger partial charge in [-0.1, -0.05) is 12.1 Å². The van der Waals surface area contributed by atoms with E-state index in [1.54, 1.807) is 11.0 Å². The Balaban J connectivity index is 1.31. The van der Waals surface area contributed by atoms with E-state index in [0.717, 1.165) is 11.3 Å². The minimum atomic E-state index is -4.78. The number of fused-ring (bicyclic) bond motifs is 1. The molecule has 6 nitrogen and oxygen atoms in total. The summed E-state index contributed by atoms with van der Waals surface area (Å²) in [6.07, 6.45) is -3.41. The number of hydrogen-bond donors (Lipinski definition) is 2. The van der Waals surface area contributed by atoms with E-state index in [1.807, 2.05) is 6.92 Å². The van der Waals surface area contributed by atoms with Crippen LogP contribution >= 0.6 is 0 Å². The largest absolute Gasteiger partial charge is 0.573 e. The molecular formula is C25H25F4N3O3. The number of H-pyrrole nitrogens is 1. The minimum Gasteiger partial charge on any atom is -0.406 e. The molecule has 35 heavy (non-hydrogen) atoms. The molecule has 2 amide bonds. The van der Waals surface area contributed by atoms with Crippen LogP contribution in [0.2, 0.25) is 0 Å². The minimum absolute atomic E-state index is 0.0216. The zero-order valence-electron chi connectivity index (χ0n) is 19.0. The lowest BCUT2D eigenvalue weighted by atomic mass is 9.95. The predicted molar refractivity (Wildman–Crippen MR) is 121 cm³/mol. The first-order valence-electron chi connectivity index (χ1n) is 11.3. The summed E-state index contributed by atoms with van der Waals surface area (Å²) in [5.41, 5.74) is 2.31. The molecule has 2 heterocycles. The molecule has 1 aliphatic heterocycles. The average Bonchev–Trinajstić information content (AvgIpc) is 3.12. The number of carbonyl (C=O) groups is 2. The Kier molecular flexibility index (Phi) is 7.00. The molecule has 0 radical (unpaired) electrons. The van der Waals surface area contributed by atoms with Crippen molar-refractivity contribution in [3.05, 3.63) is 65.1 Å². The highest BCUT2D eigenvalue weighted by atomic mass is 19.4. The molecule has 0 atom stereocenters. The van der Waals surface area contributed by atoms with Crippen LogP contribution in [0.15, 0.2) is 42.5 Å². The van der Waals surface area contributed by atoms with Gasteiger partial charge < -0.3 is 19.9 Å². The summed E-state index contributed by atoms with van der Waals surface area (Å²) in [4.78, 5) is 29.9. The molecule has 0 saturated carbocycles. The van der Waals surface area contributed by atoms with Crippen molar-refractivity contribution in [1.29, 1.82) is 0 Å². The maximum atomic E-state index is 13.9. The Hall–Kier alpha value is -3.56. The fraction of sp³-hybridized carbons (Fsp3) is 0.360. The summed E-state index contributed by atoms with van der Waals surface area (Å²) < 4.78 is 55.6. The van der Waals surface area contributed by atoms with Gasteiger partial charge in [0.25, 0.3) is 5.91 Å². The number of rotatable bonds is 6. The van der Waals surface area contributed by atoms with Gasteiger partial charge in [-0.3, -0.25) is 9.59 Å². The van der Waals surface area contributed by atoms with Crippen LogP contribution in [0, 0.1) is 18.7 Å². The number of hydrogen-bond acceptors (Lipinski definition) is 3. The van der Waals surface area contributed by atoms with E-state index in [1.165, 1.54) is 36.4 Å². The van der Waals surface area contributed by atoms with E-state index in [0.29, 0.717) is 49.8 Å². The standard InChI is InChI=1S/C25H25F4N3O3/c1-15-18(20-14-17(35-25(27,28)29)6-7-22(20)31-15)8-11-30-23(33)16-9-12-32(13-10-16)24(34)19-4-2-3-5-21(19)26/h2-7,14,16,31H,8-13H2,1H3,(H,30,33). The highest BCUT2D eigenvalue weighted by molar-refractivity contribution is 5.94. The molecule has 186 valence electrons. The van der Waals surface area contributed by atoms with Crippen molar-refractivity contribution in [2.45, 2.75) is 32.5 Å². The fourth-order valence-electron chi connectivity index (χ4n) is 4.49. The van der Waals surface area contributed by atoms with Crippen molar-refractivity contribution in [1.82, 2.24) is 15.2 Å². The molecule has 0 spiro atoms. The SMILES string of the molecule is Cc1[nH]c2ccc(OC(F)(F)F)cc2c1CCNC(=O)C1CCN(C(=O)c2ccccc2F)CC1. The summed E-state index contributed by atoms with van der Waals surface area (Å²) in [7, 11) is 0. The summed E-state index contributed by atoms with van der Waals surface area (Å²) >= 11 is 0. The van der Waals surface area contributed by atoms with Crippen LogP contribution in [0.1, 0.15) is 34.5 Å². The first kappa shape index (κ1) is 24.6. The molecule has 1 aliphatic rings. The van der Waals surface area contributed by atoms with Crippen LogP contribution in [0.3, 0.4) is 0 Å². The van der Waals surface area contributed by atoms with E-state index in [9.17, 15) is 27.2 Å². The van der Waals surface area contributed by atoms with E-state index >= 15 is 0 Å². The smallest absolute Gasteiger partial charge is 0.406 e. The Morgan fingerprint density at radius 1 is 1.14 bits per heavy atom. The number of carbonyl (C=O) groups excluding carboxylic acids is 2. The van der Waals surface area contributed by atoms with Crippen molar-refractivity contribution in [2.75, 3.05) is 19.6 Å². The number of likely N-dealkylation sites (tertiary alicyclic amines) is 1. The summed E-state index contributed by atoms with van der Waals surface area (Å²) in [5, 5.41) is 3.50. The van der Waals surface area contributed by atoms with E-state index in [2.05, 4.69) is 15.0 Å². The van der Waals surface area contributed by atoms with Crippen molar-refractivity contribution < 1.29 is 31.9 Å². The first-order valence-corrected chi connectivity index (χ1v) is 11.3. The molecule has 4 rings (SSSR count). The Labute approximate surface area is 199 Å². The summed E-state index contributed by atoms with van der Waals surface area (Å²) in [5.74, 6) is -1.66. The van der Waals surface area contributed by atoms with Gasteiger partial charge in [0.15, 0.2) is 0 Å². The third-order valence-corrected chi connectivity index (χ3v) is 6.26. The maximum absolute atomic E-state index is 13.9. The van der Waals surface area contributed by atoms with Gasteiger partial charge in [0.05, 0.1) is 5.56 Å². The van der Waals surface area contributed by atoms with Gasteiger partial charge in [0, 0.05) is 42.1 Å². The van der Waals surface area contributed by atoms with Gasteiger partial charge in [-0.2, -0.15) is 0 Å². The molecule has 3 aromatic rings. The second-order valence-corrected chi connectivity index (χ2v) is 8.57. The zero-order valence-corrected chi connectivity index (χ0v) is 19.0. The highest BCUT2D eigenvalue weighted by Crippen LogP contribution is 2.30. The number of halogens is 4. The molecule has 0 unspecified atom stereocenters. The van der Waals surface area contributed by atoms with E-state index in [-0.39, 0.29) is 29.0 Å². The number of nitrogens with one attached hydrogen (secondary N) is 2. The fourth-order valence-corrected chi connectivity index (χ4v) is 4.49. The van der Waals surface area contributed by atoms with Gasteiger partial charge in [-0.05, 0) is 62.1 Å². The summed E-state index contributed by atoms with van der Waals surface area (Å²) in [6.45, 7) is 2.85. The van der Waals surface area contributed by atoms with Gasteiger partial charge in [-0.25, -0.2) is 4.39 Å². The van der Waals surface area contributed by atoms with E-state index in [4.69, 9.17) is 0 Å². The number of piperidine rings is 1. The number of alkyl halides is 3. The first-order chi connectivity index (χ1) is 16.6. The normalized spacial score (nSPS) is 14.8. The molecule has 0 bridgehead atoms. The second kappa shape index (κ2) is 9.97. The highest BCUT2D eigenvalue weighted by Gasteiger charge is 2.31. The number of aromatic nitrogens is 1. The molecule has 1 aromatic heterocycles. The van der Waals surface area contributed by atoms with Crippen LogP contribution in [-0.2, 0) is 11.2 Å². The maximum Gasteiger partial charge on any atom is 0.573 e. The quantitative estimate of drug-likeness (QED) is 0.490. The van der Waals surface area contributed by atoms with Crippen LogP contribution in [0.5, 0.6) is 5.75 Å². The third kappa shape index (κ3) is 5.75. The summed E-state index contributed by atoms with van der Waals surface area (Å²) in [6, 6.07) is 9.94. The van der Waals surface area contributed by atoms with Gasteiger partial charge in [0.1, 0.15) is 11.6 Å². The number of aromatic amines is 1. The van der Waals surface area contributed by atoms with Gasteiger partial charge in [0.2, 0.25) is 5.91 Å². The third-order valence-electron chi connectivity index (χ3n) is 6.26. The molecule has 0 aliphatic carbocycles. The number of ether oxygens (including phenoxy) is 1. The number of aryl methyl sites for hydroxylation is 1. The lowest BCUT2D eigenvalue weighted by molar-refractivity contribution is -0.274. The van der Waals surface area contributed by atoms with Crippen LogP contribution in [-0.4, -0.2) is 47.7 Å². The lowest BCUT2D eigenvalue weighted by Gasteiger charge is -2.31. The average molecular weight is 491 g/mol. The van der Waals surface area contributed by atoms with Crippen molar-refractivity contribution in [3.8, 4) is 5.75 Å². The van der Waals surface area contributed by atoms with Crippen LogP contribution in [0.25, 0.3) is 10.9 Å². The molecule has 1 saturated heterocycles. The molecular weight excluding hydrogens is 466 g/mol. The monoisotopic (exact) mass is 491 g/mol. The van der Waals surface area contributed by atoms with E-state index < -0.39 is 12.2 Å². The zero-order chi connectivity index (χ0) is 25.2. The number of nitrogens with zero attached hydrogens (tertiary/aromatic N) is 1. The second-order valence-electron chi connectivity index (χ2n) is 8.57. The molecule has 2 aromatic carbocycles. The van der Waals surface area contributed by atoms with Crippen molar-refractivity contribution in [2.24, 2.45) is 5.92 Å². The predicted octanol–water partition coefficient (Wildman–Crippen LogP) is 4.73. The molecule has 1 fully saturated rings. The number of amides is 2. The van der Waals surface area contributed by atoms with Gasteiger partial charge >= 0.3 is 6.36 Å². The number of benzene rings is 2. The molecule has 2 N–H and O–H groups in total. The Morgan fingerprint density at radius 2 is 1.86 bits per heavy atom. The lowest BCUT2D eigenvalue weighted by Crippen LogP contribution is -2.43. The Morgan fingerprint density at radius 3 is 2.54 bits per heavy atom. The Bertz CT molecular complexity index is 1230. The topological polar surface area (TPSA) is 74.4 Å². The van der Waals surface area contributed by atoms with Crippen molar-refractivity contribution >= 4 is 22.7 Å². The van der Waals surface area contributed by atoms with Gasteiger partial charge in [-0.15, -0.1) is 13.2 Å². The van der Waals surface area contributed by atoms with Crippen molar-refractivity contribution in [3.63, 3.8) is 0 Å².